The Morgan fingerprint density at radius 1 is 1.53 bits per heavy atom. The minimum Gasteiger partial charge on any atom is -0.313 e. The monoisotopic (exact) mass is 227 g/mol. The minimum absolute atomic E-state index is 0.485. The molecule has 1 aliphatic rings. The van der Waals surface area contributed by atoms with Crippen molar-refractivity contribution in [1.29, 1.82) is 0 Å². The fourth-order valence-electron chi connectivity index (χ4n) is 2.21. The van der Waals surface area contributed by atoms with Crippen LogP contribution in [0.25, 0.3) is 0 Å². The number of aromatic nitrogens is 4. The maximum Gasteiger partial charge on any atom is 0.165 e. The summed E-state index contributed by atoms with van der Waals surface area (Å²) in [4.78, 5) is 0. The molecule has 1 saturated carbocycles. The number of tetrazole rings is 1. The van der Waals surface area contributed by atoms with Crippen LogP contribution in [0.1, 0.15) is 31.1 Å². The molecule has 0 spiro atoms. The van der Waals surface area contributed by atoms with E-state index in [2.05, 4.69) is 27.1 Å². The molecule has 1 aromatic heterocycles. The van der Waals surface area contributed by atoms with E-state index >= 15 is 0 Å². The van der Waals surface area contributed by atoms with Gasteiger partial charge in [0.15, 0.2) is 5.82 Å². The Balaban J connectivity index is 2.16. The van der Waals surface area contributed by atoms with Gasteiger partial charge in [0.1, 0.15) is 0 Å². The van der Waals surface area contributed by atoms with Crippen molar-refractivity contribution in [2.45, 2.75) is 37.1 Å². The number of nitrogens with one attached hydrogen (secondary N) is 1. The third kappa shape index (κ3) is 2.15. The van der Waals surface area contributed by atoms with Gasteiger partial charge >= 0.3 is 0 Å². The summed E-state index contributed by atoms with van der Waals surface area (Å²) in [7, 11) is 1.92. The molecule has 0 radical (unpaired) electrons. The van der Waals surface area contributed by atoms with Crippen LogP contribution < -0.4 is 5.32 Å². The van der Waals surface area contributed by atoms with Gasteiger partial charge in [-0.2, -0.15) is 11.8 Å². The van der Waals surface area contributed by atoms with Crippen molar-refractivity contribution in [1.82, 2.24) is 25.5 Å². The summed E-state index contributed by atoms with van der Waals surface area (Å²) in [6.45, 7) is 0.741. The third-order valence-electron chi connectivity index (χ3n) is 2.93. The molecule has 0 bridgehead atoms. The normalized spacial score (nSPS) is 26.0. The Hall–Kier alpha value is -0.620. The van der Waals surface area contributed by atoms with Crippen LogP contribution in [-0.4, -0.2) is 38.8 Å². The van der Waals surface area contributed by atoms with E-state index in [-0.39, 0.29) is 0 Å². The molecule has 1 N–H and O–H groups in total. The molecule has 1 fully saturated rings. The summed E-state index contributed by atoms with van der Waals surface area (Å²) in [6.07, 6.45) is 5.94. The molecule has 1 aromatic rings. The second-order valence-electron chi connectivity index (χ2n) is 3.84. The molecule has 6 heteroatoms. The molecule has 1 aliphatic carbocycles. The first kappa shape index (κ1) is 10.9. The molecule has 0 aliphatic heterocycles. The lowest BCUT2D eigenvalue weighted by Gasteiger charge is -2.18. The van der Waals surface area contributed by atoms with Gasteiger partial charge in [-0.05, 0) is 36.6 Å². The highest BCUT2D eigenvalue weighted by Gasteiger charge is 2.30. The quantitative estimate of drug-likeness (QED) is 0.826. The standard InChI is InChI=1S/C9H17N5S/c1-10-6-9-11-12-13-14(9)7-4-3-5-8(7)15-2/h7-8,10H,3-6H2,1-2H3. The zero-order valence-corrected chi connectivity index (χ0v) is 10.00. The van der Waals surface area contributed by atoms with Crippen LogP contribution in [0.3, 0.4) is 0 Å². The van der Waals surface area contributed by atoms with E-state index in [1.54, 1.807) is 0 Å². The highest BCUT2D eigenvalue weighted by molar-refractivity contribution is 7.99. The highest BCUT2D eigenvalue weighted by atomic mass is 32.2. The van der Waals surface area contributed by atoms with Crippen molar-refractivity contribution in [2.24, 2.45) is 0 Å². The first-order valence-corrected chi connectivity index (χ1v) is 6.59. The van der Waals surface area contributed by atoms with Gasteiger partial charge in [-0.15, -0.1) is 5.10 Å². The molecule has 0 saturated heterocycles. The smallest absolute Gasteiger partial charge is 0.165 e. The number of nitrogens with zero attached hydrogens (tertiary/aromatic N) is 4. The van der Waals surface area contributed by atoms with E-state index in [0.29, 0.717) is 11.3 Å². The number of hydrogen-bond acceptors (Lipinski definition) is 5. The van der Waals surface area contributed by atoms with E-state index < -0.39 is 0 Å². The van der Waals surface area contributed by atoms with Crippen molar-refractivity contribution in [3.63, 3.8) is 0 Å². The van der Waals surface area contributed by atoms with Crippen LogP contribution in [0, 0.1) is 0 Å². The summed E-state index contributed by atoms with van der Waals surface area (Å²) in [5, 5.41) is 15.7. The van der Waals surface area contributed by atoms with Crippen LogP contribution in [0.5, 0.6) is 0 Å². The molecular weight excluding hydrogens is 210 g/mol. The maximum atomic E-state index is 4.12. The van der Waals surface area contributed by atoms with Crippen molar-refractivity contribution in [3.05, 3.63) is 5.82 Å². The zero-order valence-electron chi connectivity index (χ0n) is 9.18. The van der Waals surface area contributed by atoms with E-state index in [1.807, 2.05) is 23.5 Å². The van der Waals surface area contributed by atoms with Crippen LogP contribution in [-0.2, 0) is 6.54 Å². The lowest BCUT2D eigenvalue weighted by molar-refractivity contribution is 0.441. The average Bonchev–Trinajstić information content (AvgIpc) is 2.84. The first-order valence-electron chi connectivity index (χ1n) is 5.31. The summed E-state index contributed by atoms with van der Waals surface area (Å²) in [5.74, 6) is 0.948. The highest BCUT2D eigenvalue weighted by Crippen LogP contribution is 2.37. The molecule has 84 valence electrons. The molecule has 2 unspecified atom stereocenters. The maximum absolute atomic E-state index is 4.12. The van der Waals surface area contributed by atoms with Crippen LogP contribution in [0.2, 0.25) is 0 Å². The lowest BCUT2D eigenvalue weighted by Crippen LogP contribution is -2.22. The van der Waals surface area contributed by atoms with Crippen molar-refractivity contribution < 1.29 is 0 Å². The summed E-state index contributed by atoms with van der Waals surface area (Å²) in [6, 6.07) is 0.485. The number of thioether (sulfide) groups is 1. The lowest BCUT2D eigenvalue weighted by atomic mass is 10.2. The van der Waals surface area contributed by atoms with Gasteiger partial charge in [0, 0.05) is 5.25 Å². The van der Waals surface area contributed by atoms with Gasteiger partial charge in [-0.3, -0.25) is 0 Å². The van der Waals surface area contributed by atoms with E-state index in [9.17, 15) is 0 Å². The van der Waals surface area contributed by atoms with Crippen molar-refractivity contribution >= 4 is 11.8 Å². The van der Waals surface area contributed by atoms with E-state index in [4.69, 9.17) is 0 Å². The van der Waals surface area contributed by atoms with Gasteiger partial charge in [-0.25, -0.2) is 4.68 Å². The Morgan fingerprint density at radius 3 is 3.13 bits per heavy atom. The summed E-state index contributed by atoms with van der Waals surface area (Å²) < 4.78 is 2.00. The third-order valence-corrected chi connectivity index (χ3v) is 4.09. The van der Waals surface area contributed by atoms with Gasteiger partial charge < -0.3 is 5.32 Å². The first-order chi connectivity index (χ1) is 7.36. The Labute approximate surface area is 94.0 Å². The van der Waals surface area contributed by atoms with Crippen LogP contribution >= 0.6 is 11.8 Å². The molecule has 2 rings (SSSR count). The molecule has 0 aromatic carbocycles. The van der Waals surface area contributed by atoms with Crippen LogP contribution in [0.4, 0.5) is 0 Å². The summed E-state index contributed by atoms with van der Waals surface area (Å²) in [5.41, 5.74) is 0. The Bertz CT molecular complexity index is 313. The number of rotatable bonds is 4. The zero-order chi connectivity index (χ0) is 10.7. The van der Waals surface area contributed by atoms with Gasteiger partial charge in [0.05, 0.1) is 12.6 Å². The fraction of sp³-hybridized carbons (Fsp3) is 0.889. The molecule has 5 nitrogen and oxygen atoms in total. The van der Waals surface area contributed by atoms with Gasteiger partial charge in [0.2, 0.25) is 0 Å². The summed E-state index contributed by atoms with van der Waals surface area (Å²) >= 11 is 1.93. The molecule has 15 heavy (non-hydrogen) atoms. The fourth-order valence-corrected chi connectivity index (χ4v) is 3.17. The average molecular weight is 227 g/mol. The van der Waals surface area contributed by atoms with Gasteiger partial charge in [-0.1, -0.05) is 6.42 Å². The molecule has 1 heterocycles. The second-order valence-corrected chi connectivity index (χ2v) is 4.92. The van der Waals surface area contributed by atoms with Crippen molar-refractivity contribution in [3.8, 4) is 0 Å². The van der Waals surface area contributed by atoms with Gasteiger partial charge in [0.25, 0.3) is 0 Å². The predicted molar refractivity (Wildman–Crippen MR) is 60.8 cm³/mol. The minimum atomic E-state index is 0.485. The molecule has 0 amide bonds. The van der Waals surface area contributed by atoms with E-state index in [1.165, 1.54) is 19.3 Å². The predicted octanol–water partition coefficient (Wildman–Crippen LogP) is 0.849. The van der Waals surface area contributed by atoms with Crippen LogP contribution in [0.15, 0.2) is 0 Å². The topological polar surface area (TPSA) is 55.6 Å². The SMILES string of the molecule is CNCc1nnnn1C1CCCC1SC. The van der Waals surface area contributed by atoms with Crippen molar-refractivity contribution in [2.75, 3.05) is 13.3 Å². The second kappa shape index (κ2) is 4.94. The molecule has 2 atom stereocenters. The largest absolute Gasteiger partial charge is 0.313 e. The Morgan fingerprint density at radius 2 is 2.40 bits per heavy atom. The number of hydrogen-bond donors (Lipinski definition) is 1. The Kier molecular flexibility index (Phi) is 3.58. The molecular formula is C9H17N5S. The van der Waals surface area contributed by atoms with E-state index in [0.717, 1.165) is 12.4 Å².